The predicted molar refractivity (Wildman–Crippen MR) is 130 cm³/mol. The highest BCUT2D eigenvalue weighted by Gasteiger charge is 2.38. The number of benzene rings is 1. The number of ether oxygens (including phenoxy) is 2. The Morgan fingerprint density at radius 3 is 2.38 bits per heavy atom. The minimum atomic E-state index is -4.69. The van der Waals surface area contributed by atoms with Crippen LogP contribution in [0, 0.1) is 5.92 Å². The number of halogens is 6. The van der Waals surface area contributed by atoms with E-state index in [1.165, 1.54) is 18.1 Å². The number of aromatic nitrogens is 4. The highest BCUT2D eigenvalue weighted by atomic mass is 32.2. The van der Waals surface area contributed by atoms with E-state index in [2.05, 4.69) is 15.0 Å². The second-order valence-electron chi connectivity index (χ2n) is 8.51. The van der Waals surface area contributed by atoms with E-state index in [0.29, 0.717) is 34.5 Å². The largest absolute Gasteiger partial charge is 0.492 e. The van der Waals surface area contributed by atoms with E-state index in [-0.39, 0.29) is 19.1 Å². The first kappa shape index (κ1) is 29.2. The first-order valence-corrected chi connectivity index (χ1v) is 13.8. The van der Waals surface area contributed by atoms with Crippen LogP contribution >= 0.6 is 19.7 Å². The van der Waals surface area contributed by atoms with Crippen molar-refractivity contribution < 1.29 is 35.8 Å². The fourth-order valence-electron chi connectivity index (χ4n) is 3.19. The van der Waals surface area contributed by atoms with Crippen LogP contribution in [-0.4, -0.2) is 63.8 Å². The van der Waals surface area contributed by atoms with Crippen LogP contribution in [0.1, 0.15) is 13.8 Å². The van der Waals surface area contributed by atoms with Crippen molar-refractivity contribution in [2.75, 3.05) is 37.6 Å². The Morgan fingerprint density at radius 2 is 1.73 bits per heavy atom. The van der Waals surface area contributed by atoms with E-state index in [4.69, 9.17) is 15.2 Å². The third-order valence-corrected chi connectivity index (χ3v) is 7.83. The van der Waals surface area contributed by atoms with Crippen LogP contribution in [0.5, 0.6) is 5.75 Å². The molecule has 1 aromatic carbocycles. The molecule has 37 heavy (non-hydrogen) atoms. The molecule has 0 saturated heterocycles. The second kappa shape index (κ2) is 12.5. The van der Waals surface area contributed by atoms with Gasteiger partial charge in [0.15, 0.2) is 5.65 Å². The standard InChI is InChI=1S/C22H26F6N5O2PS/c1-14(2)9-35-15-5-3-4-6-16(15)37-19-17-18(31-20(29)32-19)33(12-30-17)7-8-34-13-36(10-21(23,24)25)11-22(26,27)28/h3-6,12,14H,7-11,13H2,1-2H3,(H2,29,31,32). The number of fused-ring (bicyclic) bond motifs is 1. The SMILES string of the molecule is CC(C)COc1ccccc1Sc1nc(N)nc2c1ncn2CCOCP(CC(F)(F)F)CC(F)(F)F. The molecule has 0 fully saturated rings. The first-order valence-electron chi connectivity index (χ1n) is 11.1. The lowest BCUT2D eigenvalue weighted by Crippen LogP contribution is -2.22. The van der Waals surface area contributed by atoms with Crippen molar-refractivity contribution in [3.05, 3.63) is 30.6 Å². The van der Waals surface area contributed by atoms with Gasteiger partial charge in [0.25, 0.3) is 0 Å². The van der Waals surface area contributed by atoms with Crippen molar-refractivity contribution in [1.82, 2.24) is 19.5 Å². The maximum atomic E-state index is 12.7. The number of imidazole rings is 1. The number of nitrogens with two attached hydrogens (primary N) is 1. The van der Waals surface area contributed by atoms with Gasteiger partial charge in [-0.2, -0.15) is 31.3 Å². The molecule has 0 aliphatic carbocycles. The summed E-state index contributed by atoms with van der Waals surface area (Å²) in [5, 5.41) is 0.474. The number of hydrogen-bond donors (Lipinski definition) is 1. The zero-order chi connectivity index (χ0) is 27.2. The number of alkyl halides is 6. The average Bonchev–Trinajstić information content (AvgIpc) is 3.16. The van der Waals surface area contributed by atoms with Crippen LogP contribution in [0.25, 0.3) is 11.2 Å². The predicted octanol–water partition coefficient (Wildman–Crippen LogP) is 6.18. The van der Waals surface area contributed by atoms with Crippen LogP contribution in [0.3, 0.4) is 0 Å². The van der Waals surface area contributed by atoms with Crippen molar-refractivity contribution in [2.45, 2.75) is 42.7 Å². The summed E-state index contributed by atoms with van der Waals surface area (Å²) in [6.07, 6.45) is -11.6. The van der Waals surface area contributed by atoms with Crippen molar-refractivity contribution in [3.63, 3.8) is 0 Å². The van der Waals surface area contributed by atoms with Crippen molar-refractivity contribution >= 4 is 36.8 Å². The molecule has 0 bridgehead atoms. The maximum Gasteiger partial charge on any atom is 0.392 e. The number of anilines is 1. The molecule has 0 spiro atoms. The molecule has 0 radical (unpaired) electrons. The second-order valence-corrected chi connectivity index (χ2v) is 11.8. The van der Waals surface area contributed by atoms with Gasteiger partial charge in [0.05, 0.1) is 43.1 Å². The maximum absolute atomic E-state index is 12.7. The van der Waals surface area contributed by atoms with Gasteiger partial charge in [-0.15, -0.1) is 0 Å². The van der Waals surface area contributed by atoms with Gasteiger partial charge in [-0.3, -0.25) is 0 Å². The zero-order valence-electron chi connectivity index (χ0n) is 20.0. The normalized spacial score (nSPS) is 12.7. The summed E-state index contributed by atoms with van der Waals surface area (Å²) in [6.45, 7) is 4.58. The molecule has 3 rings (SSSR count). The summed E-state index contributed by atoms with van der Waals surface area (Å²) in [4.78, 5) is 13.6. The fourth-order valence-corrected chi connectivity index (χ4v) is 5.85. The van der Waals surface area contributed by atoms with Crippen molar-refractivity contribution in [3.8, 4) is 5.75 Å². The quantitative estimate of drug-likeness (QED) is 0.121. The molecule has 7 nitrogen and oxygen atoms in total. The molecule has 0 unspecified atom stereocenters. The molecule has 2 N–H and O–H groups in total. The number of nitrogens with zero attached hydrogens (tertiary/aromatic N) is 4. The summed E-state index contributed by atoms with van der Waals surface area (Å²) in [5.74, 6) is 0.988. The molecule has 2 heterocycles. The molecule has 2 aromatic heterocycles. The molecule has 0 atom stereocenters. The molecule has 0 saturated carbocycles. The molecule has 15 heteroatoms. The van der Waals surface area contributed by atoms with E-state index in [1.807, 2.05) is 38.1 Å². The first-order chi connectivity index (χ1) is 17.3. The van der Waals surface area contributed by atoms with Gasteiger partial charge < -0.3 is 19.8 Å². The van der Waals surface area contributed by atoms with Gasteiger partial charge in [0.1, 0.15) is 16.3 Å². The molecule has 3 aromatic rings. The van der Waals surface area contributed by atoms with Crippen molar-refractivity contribution in [1.29, 1.82) is 0 Å². The monoisotopic (exact) mass is 569 g/mol. The Kier molecular flexibility index (Phi) is 9.87. The highest BCUT2D eigenvalue weighted by molar-refractivity contribution is 7.99. The zero-order valence-corrected chi connectivity index (χ0v) is 21.7. The van der Waals surface area contributed by atoms with E-state index in [0.717, 1.165) is 4.90 Å². The summed E-state index contributed by atoms with van der Waals surface area (Å²) < 4.78 is 88.7. The Morgan fingerprint density at radius 1 is 1.05 bits per heavy atom. The number of rotatable bonds is 12. The molecular weight excluding hydrogens is 543 g/mol. The van der Waals surface area contributed by atoms with E-state index in [9.17, 15) is 26.3 Å². The van der Waals surface area contributed by atoms with Crippen LogP contribution in [0.2, 0.25) is 0 Å². The molecule has 0 aliphatic heterocycles. The van der Waals surface area contributed by atoms with Gasteiger partial charge in [-0.1, -0.05) is 45.7 Å². The van der Waals surface area contributed by atoms with Gasteiger partial charge >= 0.3 is 12.4 Å². The minimum Gasteiger partial charge on any atom is -0.492 e. The number of para-hydroxylation sites is 1. The summed E-state index contributed by atoms with van der Waals surface area (Å²) >= 11 is 1.29. The van der Waals surface area contributed by atoms with Crippen LogP contribution in [-0.2, 0) is 11.3 Å². The van der Waals surface area contributed by atoms with Gasteiger partial charge in [0.2, 0.25) is 5.95 Å². The lowest BCUT2D eigenvalue weighted by molar-refractivity contribution is -0.112. The fraction of sp³-hybridized carbons (Fsp3) is 0.500. The number of nitrogen functional groups attached to an aromatic ring is 1. The van der Waals surface area contributed by atoms with E-state index in [1.54, 1.807) is 4.57 Å². The minimum absolute atomic E-state index is 0.0166. The Bertz CT molecular complexity index is 1160. The third-order valence-electron chi connectivity index (χ3n) is 4.63. The van der Waals surface area contributed by atoms with Gasteiger partial charge in [0, 0.05) is 6.54 Å². The Labute approximate surface area is 214 Å². The van der Waals surface area contributed by atoms with Crippen LogP contribution in [0.4, 0.5) is 32.3 Å². The summed E-state index contributed by atoms with van der Waals surface area (Å²) in [7, 11) is -2.45. The summed E-state index contributed by atoms with van der Waals surface area (Å²) in [6, 6.07) is 7.42. The lowest BCUT2D eigenvalue weighted by Gasteiger charge is -2.20. The Hall–Kier alpha value is -2.31. The lowest BCUT2D eigenvalue weighted by atomic mass is 10.2. The molecule has 0 aliphatic rings. The average molecular weight is 570 g/mol. The molecule has 204 valence electrons. The smallest absolute Gasteiger partial charge is 0.392 e. The third kappa shape index (κ3) is 9.50. The van der Waals surface area contributed by atoms with Crippen LogP contribution in [0.15, 0.2) is 40.5 Å². The topological polar surface area (TPSA) is 88.1 Å². The van der Waals surface area contributed by atoms with Crippen LogP contribution < -0.4 is 10.5 Å². The molecule has 0 amide bonds. The Balaban J connectivity index is 1.70. The van der Waals surface area contributed by atoms with Gasteiger partial charge in [-0.25, -0.2) is 9.97 Å². The van der Waals surface area contributed by atoms with Gasteiger partial charge in [-0.05, 0) is 18.1 Å². The van der Waals surface area contributed by atoms with E-state index < -0.39 is 38.9 Å². The number of hydrogen-bond acceptors (Lipinski definition) is 7. The van der Waals surface area contributed by atoms with E-state index >= 15 is 0 Å². The molecular formula is C22H26F6N5O2PS. The van der Waals surface area contributed by atoms with Crippen molar-refractivity contribution in [2.24, 2.45) is 5.92 Å². The highest BCUT2D eigenvalue weighted by Crippen LogP contribution is 2.45. The summed E-state index contributed by atoms with van der Waals surface area (Å²) in [5.41, 5.74) is 6.71.